The summed E-state index contributed by atoms with van der Waals surface area (Å²) in [7, 11) is 1.60. The van der Waals surface area contributed by atoms with Gasteiger partial charge in [0.05, 0.1) is 19.5 Å². The minimum atomic E-state index is -0.845. The molecule has 0 saturated heterocycles. The van der Waals surface area contributed by atoms with Crippen LogP contribution in [-0.2, 0) is 0 Å². The average molecular weight is 296 g/mol. The van der Waals surface area contributed by atoms with E-state index in [0.29, 0.717) is 11.3 Å². The van der Waals surface area contributed by atoms with Crippen molar-refractivity contribution in [3.8, 4) is 5.75 Å². The van der Waals surface area contributed by atoms with E-state index in [9.17, 15) is 5.11 Å². The molecule has 0 saturated carbocycles. The summed E-state index contributed by atoms with van der Waals surface area (Å²) in [5, 5.41) is 10.7. The topological polar surface area (TPSA) is 68.6 Å². The lowest BCUT2D eigenvalue weighted by Gasteiger charge is -2.23. The van der Waals surface area contributed by atoms with Crippen molar-refractivity contribution < 1.29 is 14.3 Å². The predicted octanol–water partition coefficient (Wildman–Crippen LogP) is 3.03. The first-order chi connectivity index (χ1) is 9.58. The minimum Gasteiger partial charge on any atom is -0.496 e. The van der Waals surface area contributed by atoms with Crippen molar-refractivity contribution in [2.24, 2.45) is 5.73 Å². The smallest absolute Gasteiger partial charge is 0.198 e. The second-order valence-electron chi connectivity index (χ2n) is 4.68. The SMILES string of the molecule is COc1ccc(C)cc1C(CN)C(O)c1ccoc1Cl. The van der Waals surface area contributed by atoms with Gasteiger partial charge in [0.2, 0.25) is 0 Å². The number of methoxy groups -OCH3 is 1. The lowest BCUT2D eigenvalue weighted by molar-refractivity contribution is 0.145. The Morgan fingerprint density at radius 2 is 2.10 bits per heavy atom. The molecule has 0 spiro atoms. The van der Waals surface area contributed by atoms with E-state index in [-0.39, 0.29) is 17.7 Å². The molecule has 0 fully saturated rings. The second kappa shape index (κ2) is 6.31. The van der Waals surface area contributed by atoms with Crippen LogP contribution in [0.2, 0.25) is 5.22 Å². The molecule has 0 radical (unpaired) electrons. The predicted molar refractivity (Wildman–Crippen MR) is 78.2 cm³/mol. The molecule has 0 amide bonds. The van der Waals surface area contributed by atoms with Crippen LogP contribution in [0, 0.1) is 6.92 Å². The first-order valence-electron chi connectivity index (χ1n) is 6.34. The van der Waals surface area contributed by atoms with Gasteiger partial charge in [-0.1, -0.05) is 17.7 Å². The summed E-state index contributed by atoms with van der Waals surface area (Å²) in [5.74, 6) is 0.379. The summed E-state index contributed by atoms with van der Waals surface area (Å²) in [4.78, 5) is 0. The fourth-order valence-electron chi connectivity index (χ4n) is 2.30. The molecule has 2 atom stereocenters. The number of hydrogen-bond acceptors (Lipinski definition) is 4. The summed E-state index contributed by atoms with van der Waals surface area (Å²) in [6.07, 6.45) is 0.601. The van der Waals surface area contributed by atoms with Crippen LogP contribution in [0.1, 0.15) is 28.7 Å². The van der Waals surface area contributed by atoms with Crippen molar-refractivity contribution in [3.63, 3.8) is 0 Å². The van der Waals surface area contributed by atoms with Crippen LogP contribution >= 0.6 is 11.6 Å². The van der Waals surface area contributed by atoms with E-state index < -0.39 is 6.10 Å². The molecule has 1 heterocycles. The molecule has 2 rings (SSSR count). The van der Waals surface area contributed by atoms with Crippen molar-refractivity contribution >= 4 is 11.6 Å². The van der Waals surface area contributed by atoms with E-state index >= 15 is 0 Å². The summed E-state index contributed by atoms with van der Waals surface area (Å²) in [6.45, 7) is 2.25. The maximum atomic E-state index is 10.5. The highest BCUT2D eigenvalue weighted by Gasteiger charge is 2.27. The van der Waals surface area contributed by atoms with Crippen LogP contribution in [0.5, 0.6) is 5.75 Å². The Bertz CT molecular complexity index is 582. The van der Waals surface area contributed by atoms with E-state index in [0.717, 1.165) is 11.1 Å². The highest BCUT2D eigenvalue weighted by Crippen LogP contribution is 2.38. The van der Waals surface area contributed by atoms with Gasteiger partial charge in [-0.15, -0.1) is 0 Å². The Kier molecular flexibility index (Phi) is 4.70. The zero-order valence-corrected chi connectivity index (χ0v) is 12.2. The first kappa shape index (κ1) is 14.9. The van der Waals surface area contributed by atoms with Crippen LogP contribution in [0.3, 0.4) is 0 Å². The van der Waals surface area contributed by atoms with Gasteiger partial charge in [-0.2, -0.15) is 0 Å². The minimum absolute atomic E-state index is 0.183. The van der Waals surface area contributed by atoms with E-state index in [1.54, 1.807) is 13.2 Å². The zero-order valence-electron chi connectivity index (χ0n) is 11.5. The average Bonchev–Trinajstić information content (AvgIpc) is 2.86. The molecule has 4 nitrogen and oxygen atoms in total. The van der Waals surface area contributed by atoms with Gasteiger partial charge < -0.3 is 20.0 Å². The molecular weight excluding hydrogens is 278 g/mol. The van der Waals surface area contributed by atoms with Crippen LogP contribution in [-0.4, -0.2) is 18.8 Å². The molecule has 2 unspecified atom stereocenters. The highest BCUT2D eigenvalue weighted by atomic mass is 35.5. The van der Waals surface area contributed by atoms with Crippen molar-refractivity contribution in [1.29, 1.82) is 0 Å². The number of aliphatic hydroxyl groups excluding tert-OH is 1. The fraction of sp³-hybridized carbons (Fsp3) is 0.333. The Morgan fingerprint density at radius 3 is 2.65 bits per heavy atom. The largest absolute Gasteiger partial charge is 0.496 e. The molecule has 1 aromatic carbocycles. The number of halogens is 1. The Hall–Kier alpha value is -1.49. The summed E-state index contributed by atoms with van der Waals surface area (Å²) < 4.78 is 10.4. The Morgan fingerprint density at radius 1 is 1.35 bits per heavy atom. The third-order valence-electron chi connectivity index (χ3n) is 3.38. The van der Waals surface area contributed by atoms with E-state index in [1.807, 2.05) is 25.1 Å². The number of aryl methyl sites for hydroxylation is 1. The molecule has 0 bridgehead atoms. The first-order valence-corrected chi connectivity index (χ1v) is 6.71. The third kappa shape index (κ3) is 2.82. The monoisotopic (exact) mass is 295 g/mol. The summed E-state index contributed by atoms with van der Waals surface area (Å²) in [6, 6.07) is 7.44. The van der Waals surface area contributed by atoms with Crippen molar-refractivity contribution in [2.45, 2.75) is 18.9 Å². The number of hydrogen-bond donors (Lipinski definition) is 2. The van der Waals surface area contributed by atoms with Gasteiger partial charge in [0.15, 0.2) is 5.22 Å². The molecule has 0 aliphatic rings. The third-order valence-corrected chi connectivity index (χ3v) is 3.69. The van der Waals surface area contributed by atoms with Gasteiger partial charge in [-0.25, -0.2) is 0 Å². The van der Waals surface area contributed by atoms with Crippen LogP contribution in [0.25, 0.3) is 0 Å². The Balaban J connectivity index is 2.42. The number of rotatable bonds is 5. The van der Waals surface area contributed by atoms with E-state index in [2.05, 4.69) is 0 Å². The van der Waals surface area contributed by atoms with Gasteiger partial charge >= 0.3 is 0 Å². The molecule has 5 heteroatoms. The maximum absolute atomic E-state index is 10.5. The van der Waals surface area contributed by atoms with Gasteiger partial charge in [-0.3, -0.25) is 0 Å². The molecule has 3 N–H and O–H groups in total. The van der Waals surface area contributed by atoms with Gasteiger partial charge in [0.25, 0.3) is 0 Å². The number of aliphatic hydroxyl groups is 1. The van der Waals surface area contributed by atoms with Crippen LogP contribution in [0.15, 0.2) is 34.9 Å². The number of ether oxygens (including phenoxy) is 1. The van der Waals surface area contributed by atoms with Crippen molar-refractivity contribution in [2.75, 3.05) is 13.7 Å². The second-order valence-corrected chi connectivity index (χ2v) is 5.03. The molecule has 20 heavy (non-hydrogen) atoms. The van der Waals surface area contributed by atoms with Crippen molar-refractivity contribution in [1.82, 2.24) is 0 Å². The number of nitrogens with two attached hydrogens (primary N) is 1. The normalized spacial score (nSPS) is 14.1. The van der Waals surface area contributed by atoms with E-state index in [4.69, 9.17) is 26.5 Å². The molecule has 1 aromatic heterocycles. The maximum Gasteiger partial charge on any atom is 0.198 e. The number of furan rings is 1. The zero-order chi connectivity index (χ0) is 14.7. The highest BCUT2D eigenvalue weighted by molar-refractivity contribution is 6.29. The molecule has 0 aliphatic heterocycles. The summed E-state index contributed by atoms with van der Waals surface area (Å²) in [5.41, 5.74) is 8.31. The van der Waals surface area contributed by atoms with Gasteiger partial charge in [0, 0.05) is 23.6 Å². The lowest BCUT2D eigenvalue weighted by Crippen LogP contribution is -2.21. The van der Waals surface area contributed by atoms with Crippen molar-refractivity contribution in [3.05, 3.63) is 52.4 Å². The molecule has 0 aliphatic carbocycles. The van der Waals surface area contributed by atoms with E-state index in [1.165, 1.54) is 6.26 Å². The Labute approximate surface area is 123 Å². The lowest BCUT2D eigenvalue weighted by atomic mass is 9.88. The molecule has 108 valence electrons. The number of benzene rings is 1. The van der Waals surface area contributed by atoms with Gasteiger partial charge in [-0.05, 0) is 30.7 Å². The van der Waals surface area contributed by atoms with Gasteiger partial charge in [0.1, 0.15) is 5.75 Å². The quantitative estimate of drug-likeness (QED) is 0.889. The molecular formula is C15H18ClNO3. The van der Waals surface area contributed by atoms with Crippen LogP contribution in [0.4, 0.5) is 0 Å². The summed E-state index contributed by atoms with van der Waals surface area (Å²) >= 11 is 5.93. The standard InChI is InChI=1S/C15H18ClNO3/c1-9-3-4-13(19-2)11(7-9)12(8-17)14(18)10-5-6-20-15(10)16/h3-7,12,14,18H,8,17H2,1-2H3. The molecule has 2 aromatic rings. The fourth-order valence-corrected chi connectivity index (χ4v) is 2.53. The van der Waals surface area contributed by atoms with Crippen LogP contribution < -0.4 is 10.5 Å².